The second-order valence-electron chi connectivity index (χ2n) is 4.04. The maximum atomic E-state index is 11.0. The SMILES string of the molecule is Cc1ccc(OCc2ccccc2Br)c(C=O)c1. The molecule has 0 amide bonds. The van der Waals surface area contributed by atoms with E-state index in [1.807, 2.05) is 49.4 Å². The van der Waals surface area contributed by atoms with Gasteiger partial charge in [0.15, 0.2) is 6.29 Å². The van der Waals surface area contributed by atoms with Gasteiger partial charge in [-0.25, -0.2) is 0 Å². The zero-order valence-corrected chi connectivity index (χ0v) is 11.6. The Kier molecular flexibility index (Phi) is 4.15. The predicted octanol–water partition coefficient (Wildman–Crippen LogP) is 4.15. The van der Waals surface area contributed by atoms with Gasteiger partial charge < -0.3 is 4.74 Å². The van der Waals surface area contributed by atoms with E-state index in [0.717, 1.165) is 21.9 Å². The van der Waals surface area contributed by atoms with Crippen molar-refractivity contribution in [2.45, 2.75) is 13.5 Å². The topological polar surface area (TPSA) is 26.3 Å². The number of rotatable bonds is 4. The van der Waals surface area contributed by atoms with Crippen LogP contribution in [0.2, 0.25) is 0 Å². The summed E-state index contributed by atoms with van der Waals surface area (Å²) in [5.74, 6) is 0.617. The minimum Gasteiger partial charge on any atom is -0.488 e. The minimum atomic E-state index is 0.436. The molecular formula is C15H13BrO2. The van der Waals surface area contributed by atoms with Crippen LogP contribution >= 0.6 is 15.9 Å². The van der Waals surface area contributed by atoms with Gasteiger partial charge in [-0.1, -0.05) is 45.8 Å². The highest BCUT2D eigenvalue weighted by atomic mass is 79.9. The number of ether oxygens (including phenoxy) is 1. The number of hydrogen-bond acceptors (Lipinski definition) is 2. The molecule has 0 radical (unpaired) electrons. The van der Waals surface area contributed by atoms with E-state index >= 15 is 0 Å². The third-order valence-electron chi connectivity index (χ3n) is 2.63. The summed E-state index contributed by atoms with van der Waals surface area (Å²) in [5.41, 5.74) is 2.68. The number of hydrogen-bond donors (Lipinski definition) is 0. The van der Waals surface area contributed by atoms with Gasteiger partial charge in [-0.05, 0) is 25.1 Å². The first-order chi connectivity index (χ1) is 8.70. The van der Waals surface area contributed by atoms with Gasteiger partial charge in [0, 0.05) is 10.0 Å². The van der Waals surface area contributed by atoms with E-state index in [0.29, 0.717) is 17.9 Å². The molecule has 18 heavy (non-hydrogen) atoms. The highest BCUT2D eigenvalue weighted by molar-refractivity contribution is 9.10. The van der Waals surface area contributed by atoms with Crippen LogP contribution in [0.1, 0.15) is 21.5 Å². The maximum absolute atomic E-state index is 11.0. The van der Waals surface area contributed by atoms with Crippen LogP contribution in [-0.2, 0) is 6.61 Å². The first kappa shape index (κ1) is 12.8. The lowest BCUT2D eigenvalue weighted by Crippen LogP contribution is -1.99. The predicted molar refractivity (Wildman–Crippen MR) is 75.0 cm³/mol. The number of aryl methyl sites for hydroxylation is 1. The van der Waals surface area contributed by atoms with Gasteiger partial charge in [0.05, 0.1) is 5.56 Å². The van der Waals surface area contributed by atoms with Gasteiger partial charge in [0.25, 0.3) is 0 Å². The van der Waals surface area contributed by atoms with Gasteiger partial charge in [-0.15, -0.1) is 0 Å². The fraction of sp³-hybridized carbons (Fsp3) is 0.133. The Hall–Kier alpha value is -1.61. The second-order valence-corrected chi connectivity index (χ2v) is 4.89. The molecule has 0 saturated heterocycles. The van der Waals surface area contributed by atoms with E-state index in [1.165, 1.54) is 0 Å². The molecule has 0 unspecified atom stereocenters. The Balaban J connectivity index is 2.16. The van der Waals surface area contributed by atoms with Crippen molar-refractivity contribution in [3.05, 3.63) is 63.6 Å². The summed E-state index contributed by atoms with van der Waals surface area (Å²) in [6, 6.07) is 13.4. The van der Waals surface area contributed by atoms with Crippen LogP contribution in [0.15, 0.2) is 46.9 Å². The average molecular weight is 305 g/mol. The molecule has 0 bridgehead atoms. The van der Waals surface area contributed by atoms with Crippen molar-refractivity contribution in [1.82, 2.24) is 0 Å². The van der Waals surface area contributed by atoms with Crippen LogP contribution in [0.25, 0.3) is 0 Å². The Morgan fingerprint density at radius 2 is 2.00 bits per heavy atom. The minimum absolute atomic E-state index is 0.436. The number of halogens is 1. The second kappa shape index (κ2) is 5.83. The van der Waals surface area contributed by atoms with Gasteiger partial charge >= 0.3 is 0 Å². The molecule has 2 rings (SSSR count). The van der Waals surface area contributed by atoms with Gasteiger partial charge in [0.1, 0.15) is 12.4 Å². The zero-order valence-electron chi connectivity index (χ0n) is 10.0. The molecule has 92 valence electrons. The lowest BCUT2D eigenvalue weighted by atomic mass is 10.1. The molecule has 2 nitrogen and oxygen atoms in total. The van der Waals surface area contributed by atoms with Crippen LogP contribution in [-0.4, -0.2) is 6.29 Å². The molecule has 2 aromatic carbocycles. The largest absolute Gasteiger partial charge is 0.488 e. The quantitative estimate of drug-likeness (QED) is 0.793. The smallest absolute Gasteiger partial charge is 0.153 e. The molecule has 0 atom stereocenters. The van der Waals surface area contributed by atoms with Crippen LogP contribution < -0.4 is 4.74 Å². The monoisotopic (exact) mass is 304 g/mol. The molecule has 0 aliphatic heterocycles. The van der Waals surface area contributed by atoms with Crippen molar-refractivity contribution in [2.24, 2.45) is 0 Å². The summed E-state index contributed by atoms with van der Waals surface area (Å²) in [5, 5.41) is 0. The summed E-state index contributed by atoms with van der Waals surface area (Å²) >= 11 is 3.47. The van der Waals surface area contributed by atoms with E-state index in [4.69, 9.17) is 4.74 Å². The molecule has 0 N–H and O–H groups in total. The van der Waals surface area contributed by atoms with Crippen molar-refractivity contribution >= 4 is 22.2 Å². The van der Waals surface area contributed by atoms with Crippen molar-refractivity contribution < 1.29 is 9.53 Å². The van der Waals surface area contributed by atoms with Crippen LogP contribution in [0.5, 0.6) is 5.75 Å². The standard InChI is InChI=1S/C15H13BrO2/c1-11-6-7-15(13(8-11)9-17)18-10-12-4-2-3-5-14(12)16/h2-9H,10H2,1H3. The van der Waals surface area contributed by atoms with E-state index in [9.17, 15) is 4.79 Å². The maximum Gasteiger partial charge on any atom is 0.153 e. The van der Waals surface area contributed by atoms with Crippen molar-refractivity contribution in [1.29, 1.82) is 0 Å². The Morgan fingerprint density at radius 3 is 2.72 bits per heavy atom. The van der Waals surface area contributed by atoms with E-state index in [2.05, 4.69) is 15.9 Å². The Morgan fingerprint density at radius 1 is 1.22 bits per heavy atom. The molecule has 0 fully saturated rings. The number of aldehydes is 1. The Bertz CT molecular complexity index is 564. The molecule has 0 saturated carbocycles. The van der Waals surface area contributed by atoms with Crippen molar-refractivity contribution in [3.63, 3.8) is 0 Å². The molecule has 0 aliphatic rings. The van der Waals surface area contributed by atoms with Crippen LogP contribution in [0.4, 0.5) is 0 Å². The summed E-state index contributed by atoms with van der Waals surface area (Å²) in [6.45, 7) is 2.38. The normalized spacial score (nSPS) is 10.1. The molecule has 0 aromatic heterocycles. The van der Waals surface area contributed by atoms with E-state index < -0.39 is 0 Å². The summed E-state index contributed by atoms with van der Waals surface area (Å²) < 4.78 is 6.69. The highest BCUT2D eigenvalue weighted by Crippen LogP contribution is 2.22. The lowest BCUT2D eigenvalue weighted by Gasteiger charge is -2.10. The first-order valence-corrected chi connectivity index (χ1v) is 6.42. The fourth-order valence-corrected chi connectivity index (χ4v) is 2.06. The first-order valence-electron chi connectivity index (χ1n) is 5.63. The third-order valence-corrected chi connectivity index (χ3v) is 3.41. The summed E-state index contributed by atoms with van der Waals surface area (Å²) in [6.07, 6.45) is 0.822. The molecule has 3 heteroatoms. The zero-order chi connectivity index (χ0) is 13.0. The van der Waals surface area contributed by atoms with Gasteiger partial charge in [0.2, 0.25) is 0 Å². The van der Waals surface area contributed by atoms with Crippen LogP contribution in [0.3, 0.4) is 0 Å². The Labute approximate surface area is 115 Å². The lowest BCUT2D eigenvalue weighted by molar-refractivity contribution is 0.111. The van der Waals surface area contributed by atoms with Gasteiger partial charge in [-0.2, -0.15) is 0 Å². The molecule has 0 heterocycles. The van der Waals surface area contributed by atoms with Crippen molar-refractivity contribution in [3.8, 4) is 5.75 Å². The number of benzene rings is 2. The van der Waals surface area contributed by atoms with Crippen LogP contribution in [0, 0.1) is 6.92 Å². The van der Waals surface area contributed by atoms with E-state index in [1.54, 1.807) is 0 Å². The highest BCUT2D eigenvalue weighted by Gasteiger charge is 2.05. The van der Waals surface area contributed by atoms with E-state index in [-0.39, 0.29) is 0 Å². The fourth-order valence-electron chi connectivity index (χ4n) is 1.66. The molecule has 0 aliphatic carbocycles. The number of carbonyl (C=O) groups is 1. The third kappa shape index (κ3) is 2.99. The summed E-state index contributed by atoms with van der Waals surface area (Å²) in [7, 11) is 0. The average Bonchev–Trinajstić information content (AvgIpc) is 2.39. The number of carbonyl (C=O) groups excluding carboxylic acids is 1. The molecule has 0 spiro atoms. The summed E-state index contributed by atoms with van der Waals surface area (Å²) in [4.78, 5) is 11.0. The molecule has 2 aromatic rings. The molecular weight excluding hydrogens is 292 g/mol. The van der Waals surface area contributed by atoms with Crippen molar-refractivity contribution in [2.75, 3.05) is 0 Å². The van der Waals surface area contributed by atoms with Gasteiger partial charge in [-0.3, -0.25) is 4.79 Å².